The maximum atomic E-state index is 13.4. The summed E-state index contributed by atoms with van der Waals surface area (Å²) in [5.74, 6) is 3.51. The summed E-state index contributed by atoms with van der Waals surface area (Å²) in [5.41, 5.74) is 0.918. The molecule has 0 aliphatic rings. The van der Waals surface area contributed by atoms with Crippen LogP contribution in [0.3, 0.4) is 0 Å². The van der Waals surface area contributed by atoms with E-state index in [9.17, 15) is 18.4 Å². The molecular weight excluding hydrogens is 444 g/mol. The molecule has 170 valence electrons. The van der Waals surface area contributed by atoms with Crippen molar-refractivity contribution in [2.75, 3.05) is 13.7 Å². The summed E-state index contributed by atoms with van der Waals surface area (Å²) < 4.78 is 32.9. The van der Waals surface area contributed by atoms with Gasteiger partial charge in [-0.15, -0.1) is 0 Å². The van der Waals surface area contributed by atoms with Crippen LogP contribution < -0.4 is 15.6 Å². The highest BCUT2D eigenvalue weighted by atomic mass is 19.2. The van der Waals surface area contributed by atoms with Gasteiger partial charge in [0, 0.05) is 11.8 Å². The third-order valence-corrected chi connectivity index (χ3v) is 4.84. The van der Waals surface area contributed by atoms with E-state index in [0.717, 1.165) is 22.9 Å². The van der Waals surface area contributed by atoms with Crippen LogP contribution in [0.4, 0.5) is 8.78 Å². The van der Waals surface area contributed by atoms with Crippen LogP contribution in [0.2, 0.25) is 0 Å². The van der Waals surface area contributed by atoms with E-state index < -0.39 is 23.1 Å². The molecule has 4 aromatic rings. The van der Waals surface area contributed by atoms with Crippen molar-refractivity contribution in [3.8, 4) is 17.7 Å². The molecule has 0 saturated carbocycles. The van der Waals surface area contributed by atoms with Gasteiger partial charge in [0.1, 0.15) is 11.9 Å². The number of nitrogens with one attached hydrogen (secondary N) is 1. The second-order valence-corrected chi connectivity index (χ2v) is 7.09. The molecule has 0 fully saturated rings. The highest BCUT2D eigenvalue weighted by Gasteiger charge is 2.13. The summed E-state index contributed by atoms with van der Waals surface area (Å²) in [7, 11) is 1.51. The average molecular weight is 461 g/mol. The van der Waals surface area contributed by atoms with Crippen molar-refractivity contribution in [3.05, 3.63) is 93.9 Å². The van der Waals surface area contributed by atoms with Gasteiger partial charge in [0.15, 0.2) is 11.6 Å². The molecule has 2 aromatic carbocycles. The quantitative estimate of drug-likeness (QED) is 0.458. The normalized spacial score (nSPS) is 10.4. The van der Waals surface area contributed by atoms with E-state index in [-0.39, 0.29) is 18.7 Å². The molecule has 0 saturated heterocycles. The van der Waals surface area contributed by atoms with Crippen molar-refractivity contribution in [1.82, 2.24) is 24.8 Å². The molecule has 0 radical (unpaired) electrons. The van der Waals surface area contributed by atoms with Gasteiger partial charge in [-0.05, 0) is 35.9 Å². The first-order chi connectivity index (χ1) is 16.5. The summed E-state index contributed by atoms with van der Waals surface area (Å²) in [4.78, 5) is 37.2. The van der Waals surface area contributed by atoms with Crippen molar-refractivity contribution >= 4 is 16.8 Å². The van der Waals surface area contributed by atoms with Crippen LogP contribution in [0, 0.1) is 23.5 Å². The third-order valence-electron chi connectivity index (χ3n) is 4.84. The zero-order valence-electron chi connectivity index (χ0n) is 17.9. The molecule has 8 nitrogen and oxygen atoms in total. The molecule has 4 rings (SSSR count). The van der Waals surface area contributed by atoms with Gasteiger partial charge < -0.3 is 10.1 Å². The van der Waals surface area contributed by atoms with Crippen molar-refractivity contribution in [2.45, 2.75) is 6.54 Å². The lowest BCUT2D eigenvalue weighted by atomic mass is 10.1. The van der Waals surface area contributed by atoms with E-state index in [0.29, 0.717) is 27.9 Å². The Kier molecular flexibility index (Phi) is 6.54. The first kappa shape index (κ1) is 22.5. The van der Waals surface area contributed by atoms with Crippen molar-refractivity contribution in [3.63, 3.8) is 0 Å². The van der Waals surface area contributed by atoms with Crippen LogP contribution in [-0.4, -0.2) is 39.1 Å². The Morgan fingerprint density at radius 2 is 2.00 bits per heavy atom. The van der Waals surface area contributed by atoms with Crippen LogP contribution in [0.1, 0.15) is 21.5 Å². The maximum absolute atomic E-state index is 13.4. The Balaban J connectivity index is 1.45. The fourth-order valence-corrected chi connectivity index (χ4v) is 3.19. The van der Waals surface area contributed by atoms with Crippen LogP contribution in [0.15, 0.2) is 60.0 Å². The fourth-order valence-electron chi connectivity index (χ4n) is 3.19. The monoisotopic (exact) mass is 461 g/mol. The van der Waals surface area contributed by atoms with E-state index >= 15 is 0 Å². The number of methoxy groups -OCH3 is 1. The second kappa shape index (κ2) is 9.87. The van der Waals surface area contributed by atoms with Gasteiger partial charge in [-0.25, -0.2) is 23.7 Å². The minimum absolute atomic E-state index is 0.0171. The summed E-state index contributed by atoms with van der Waals surface area (Å²) in [6.45, 7) is -0.0874. The Hall–Kier alpha value is -4.65. The van der Waals surface area contributed by atoms with Gasteiger partial charge in [-0.1, -0.05) is 17.9 Å². The summed E-state index contributed by atoms with van der Waals surface area (Å²) >= 11 is 0. The number of benzene rings is 2. The van der Waals surface area contributed by atoms with Gasteiger partial charge in [-0.3, -0.25) is 14.2 Å². The van der Waals surface area contributed by atoms with E-state index in [1.54, 1.807) is 18.2 Å². The number of carbonyl (C=O) groups is 1. The molecule has 2 aromatic heterocycles. The number of halogens is 2. The number of nitrogens with zero attached hydrogens (tertiary/aromatic N) is 4. The number of aromatic nitrogens is 4. The lowest BCUT2D eigenvalue weighted by Gasteiger charge is -2.08. The molecule has 10 heteroatoms. The van der Waals surface area contributed by atoms with Crippen LogP contribution in [0.5, 0.6) is 5.88 Å². The van der Waals surface area contributed by atoms with Crippen LogP contribution >= 0.6 is 0 Å². The molecule has 34 heavy (non-hydrogen) atoms. The van der Waals surface area contributed by atoms with Crippen molar-refractivity contribution < 1.29 is 18.3 Å². The molecule has 0 spiro atoms. The number of ether oxygens (including phenoxy) is 1. The number of fused-ring (bicyclic) bond motifs is 1. The Morgan fingerprint density at radius 1 is 1.15 bits per heavy atom. The Morgan fingerprint density at radius 3 is 2.79 bits per heavy atom. The molecule has 2 heterocycles. The summed E-state index contributed by atoms with van der Waals surface area (Å²) in [5, 5.41) is 3.26. The highest BCUT2D eigenvalue weighted by molar-refractivity contribution is 5.93. The van der Waals surface area contributed by atoms with Crippen LogP contribution in [0.25, 0.3) is 10.9 Å². The summed E-state index contributed by atoms with van der Waals surface area (Å²) in [6.07, 6.45) is 3.77. The summed E-state index contributed by atoms with van der Waals surface area (Å²) in [6, 6.07) is 8.65. The zero-order chi connectivity index (χ0) is 24.1. The number of amides is 1. The Bertz CT molecular complexity index is 1510. The molecule has 0 bridgehead atoms. The standard InChI is InChI=1S/C24H17F2N5O3/c1-34-23-17-9-15(5-7-21(17)29-13-30-23)3-2-8-28-22(32)18-11-27-14-31(24(18)33)12-16-4-6-19(25)20(26)10-16/h4-7,9-11,13-14H,8,12H2,1H3,(H,28,32). The zero-order valence-corrected chi connectivity index (χ0v) is 17.9. The molecule has 0 aliphatic heterocycles. The first-order valence-corrected chi connectivity index (χ1v) is 10.0. The predicted octanol–water partition coefficient (Wildman–Crippen LogP) is 2.30. The number of hydrogen-bond acceptors (Lipinski definition) is 6. The highest BCUT2D eigenvalue weighted by Crippen LogP contribution is 2.21. The molecular formula is C24H17F2N5O3. The molecule has 1 N–H and O–H groups in total. The largest absolute Gasteiger partial charge is 0.480 e. The second-order valence-electron chi connectivity index (χ2n) is 7.09. The van der Waals surface area contributed by atoms with E-state index in [1.807, 2.05) is 0 Å². The van der Waals surface area contributed by atoms with Crippen LogP contribution in [-0.2, 0) is 6.54 Å². The predicted molar refractivity (Wildman–Crippen MR) is 119 cm³/mol. The minimum atomic E-state index is -1.02. The smallest absolute Gasteiger partial charge is 0.266 e. The van der Waals surface area contributed by atoms with E-state index in [2.05, 4.69) is 32.1 Å². The molecule has 1 amide bonds. The number of rotatable bonds is 5. The van der Waals surface area contributed by atoms with E-state index in [4.69, 9.17) is 4.74 Å². The Labute approximate surface area is 192 Å². The maximum Gasteiger partial charge on any atom is 0.266 e. The lowest BCUT2D eigenvalue weighted by molar-refractivity contribution is 0.0956. The topological polar surface area (TPSA) is 99.0 Å². The minimum Gasteiger partial charge on any atom is -0.480 e. The number of hydrogen-bond donors (Lipinski definition) is 1. The molecule has 0 atom stereocenters. The average Bonchev–Trinajstić information content (AvgIpc) is 2.84. The fraction of sp³-hybridized carbons (Fsp3) is 0.125. The van der Waals surface area contributed by atoms with Gasteiger partial charge >= 0.3 is 0 Å². The molecule has 0 aliphatic carbocycles. The van der Waals surface area contributed by atoms with Gasteiger partial charge in [0.05, 0.1) is 37.4 Å². The van der Waals surface area contributed by atoms with Gasteiger partial charge in [0.25, 0.3) is 11.5 Å². The van der Waals surface area contributed by atoms with Crippen molar-refractivity contribution in [2.24, 2.45) is 0 Å². The van der Waals surface area contributed by atoms with E-state index in [1.165, 1.54) is 25.8 Å². The third kappa shape index (κ3) is 4.88. The van der Waals surface area contributed by atoms with Crippen molar-refractivity contribution in [1.29, 1.82) is 0 Å². The number of carbonyl (C=O) groups excluding carboxylic acids is 1. The molecule has 0 unspecified atom stereocenters. The SMILES string of the molecule is COc1ncnc2ccc(C#CCNC(=O)c3cncn(Cc4ccc(F)c(F)c4)c3=O)cc12. The van der Waals surface area contributed by atoms with Gasteiger partial charge in [-0.2, -0.15) is 0 Å². The lowest BCUT2D eigenvalue weighted by Crippen LogP contribution is -2.33. The van der Waals surface area contributed by atoms with Gasteiger partial charge in [0.2, 0.25) is 5.88 Å². The first-order valence-electron chi connectivity index (χ1n) is 10.0.